The summed E-state index contributed by atoms with van der Waals surface area (Å²) in [6.45, 7) is 0. The van der Waals surface area contributed by atoms with E-state index in [0.717, 1.165) is 12.1 Å². The van der Waals surface area contributed by atoms with Gasteiger partial charge in [-0.15, -0.1) is 0 Å². The van der Waals surface area contributed by atoms with Gasteiger partial charge in [0, 0.05) is 0 Å². The van der Waals surface area contributed by atoms with Crippen LogP contribution in [0.4, 0.5) is 12.9 Å². The Hall–Kier alpha value is -0.773. The van der Waals surface area contributed by atoms with Gasteiger partial charge in [-0.2, -0.15) is 0 Å². The Labute approximate surface area is 60.3 Å². The van der Waals surface area contributed by atoms with Crippen molar-refractivity contribution in [1.29, 1.82) is 0 Å². The van der Waals surface area contributed by atoms with E-state index in [9.17, 15) is 12.9 Å². The van der Waals surface area contributed by atoms with Gasteiger partial charge >= 0.3 is 10.6 Å². The number of rotatable bonds is 0. The van der Waals surface area contributed by atoms with E-state index in [1.54, 1.807) is 0 Å². The van der Waals surface area contributed by atoms with Crippen LogP contribution < -0.4 is 0 Å². The van der Waals surface area contributed by atoms with Crippen LogP contribution in [0.25, 0.3) is 0 Å². The minimum Gasteiger partial charge on any atom is -0.316 e. The summed E-state index contributed by atoms with van der Waals surface area (Å²) in [7, 11) is 1.47. The SMILES string of the molecule is F[Si].Fc1ccccc1F. The molecule has 4 heteroatoms. The monoisotopic (exact) mass is 161 g/mol. The van der Waals surface area contributed by atoms with Crippen LogP contribution in [0.1, 0.15) is 0 Å². The minimum atomic E-state index is -0.799. The lowest BCUT2D eigenvalue weighted by Crippen LogP contribution is -1.77. The minimum absolute atomic E-state index is 0.799. The maximum Gasteiger partial charge on any atom is 0.316 e. The van der Waals surface area contributed by atoms with E-state index in [1.807, 2.05) is 0 Å². The molecule has 0 amide bonds. The molecule has 1 aromatic rings. The van der Waals surface area contributed by atoms with Crippen molar-refractivity contribution in [3.8, 4) is 0 Å². The van der Waals surface area contributed by atoms with Crippen molar-refractivity contribution in [2.45, 2.75) is 0 Å². The van der Waals surface area contributed by atoms with Crippen LogP contribution in [0, 0.1) is 11.6 Å². The Morgan fingerprint density at radius 2 is 1.20 bits per heavy atom. The maximum atomic E-state index is 11.9. The summed E-state index contributed by atoms with van der Waals surface area (Å²) < 4.78 is 33.2. The van der Waals surface area contributed by atoms with Crippen LogP contribution in [0.15, 0.2) is 24.3 Å². The molecule has 0 N–H and O–H groups in total. The second-order valence-electron chi connectivity index (χ2n) is 1.41. The molecule has 0 spiro atoms. The Balaban J connectivity index is 0.000000371. The molecule has 0 aromatic heterocycles. The normalized spacial score (nSPS) is 8.00. The van der Waals surface area contributed by atoms with Crippen LogP contribution in [0.3, 0.4) is 0 Å². The molecule has 53 valence electrons. The van der Waals surface area contributed by atoms with Crippen molar-refractivity contribution < 1.29 is 12.9 Å². The number of halogens is 3. The molecular weight excluding hydrogens is 157 g/mol. The average molecular weight is 161 g/mol. The molecule has 0 bridgehead atoms. The zero-order valence-corrected chi connectivity index (χ0v) is 5.94. The molecule has 1 aromatic carbocycles. The molecule has 0 unspecified atom stereocenters. The van der Waals surface area contributed by atoms with Gasteiger partial charge < -0.3 is 4.11 Å². The summed E-state index contributed by atoms with van der Waals surface area (Å²) in [6, 6.07) is 5.04. The first-order valence-electron chi connectivity index (χ1n) is 2.39. The molecule has 1 rings (SSSR count). The zero-order valence-electron chi connectivity index (χ0n) is 4.94. The first-order chi connectivity index (χ1) is 4.80. The standard InChI is InChI=1S/C6H4F2.FSi/c7-5-3-1-2-4-6(5)8;1-2/h1-4H;. The van der Waals surface area contributed by atoms with Gasteiger partial charge in [0.25, 0.3) is 0 Å². The molecule has 0 saturated carbocycles. The third-order valence-corrected chi connectivity index (χ3v) is 0.824. The summed E-state index contributed by atoms with van der Waals surface area (Å²) in [5.74, 6) is -1.60. The Morgan fingerprint density at radius 1 is 0.900 bits per heavy atom. The van der Waals surface area contributed by atoms with E-state index in [1.165, 1.54) is 22.7 Å². The number of hydrogen-bond donors (Lipinski definition) is 0. The summed E-state index contributed by atoms with van der Waals surface area (Å²) in [6.07, 6.45) is 0. The molecule has 0 nitrogen and oxygen atoms in total. The van der Waals surface area contributed by atoms with E-state index >= 15 is 0 Å². The second kappa shape index (κ2) is 5.05. The van der Waals surface area contributed by atoms with Crippen LogP contribution >= 0.6 is 0 Å². The zero-order chi connectivity index (χ0) is 7.98. The molecule has 0 aliphatic heterocycles. The molecule has 0 aliphatic rings. The van der Waals surface area contributed by atoms with E-state index in [4.69, 9.17) is 0 Å². The van der Waals surface area contributed by atoms with Crippen molar-refractivity contribution in [3.63, 3.8) is 0 Å². The highest BCUT2D eigenvalue weighted by atomic mass is 28.2. The van der Waals surface area contributed by atoms with Crippen LogP contribution in [0.5, 0.6) is 0 Å². The fourth-order valence-corrected chi connectivity index (χ4v) is 0.439. The maximum absolute atomic E-state index is 11.9. The summed E-state index contributed by atoms with van der Waals surface area (Å²) >= 11 is 0. The molecule has 0 heterocycles. The first-order valence-corrected chi connectivity index (χ1v) is 2.77. The fourth-order valence-electron chi connectivity index (χ4n) is 0.439. The van der Waals surface area contributed by atoms with E-state index in [-0.39, 0.29) is 0 Å². The predicted octanol–water partition coefficient (Wildman–Crippen LogP) is 2.00. The van der Waals surface area contributed by atoms with Gasteiger partial charge in [-0.3, -0.25) is 0 Å². The van der Waals surface area contributed by atoms with Gasteiger partial charge in [-0.1, -0.05) is 12.1 Å². The van der Waals surface area contributed by atoms with Gasteiger partial charge in [0.15, 0.2) is 11.6 Å². The third-order valence-electron chi connectivity index (χ3n) is 0.824. The molecule has 10 heavy (non-hydrogen) atoms. The molecule has 0 saturated heterocycles. The average Bonchev–Trinajstić information content (AvgIpc) is 2.00. The lowest BCUT2D eigenvalue weighted by atomic mass is 10.3. The molecular formula is C6H4F3Si. The Kier molecular flexibility index (Phi) is 4.66. The molecule has 0 aliphatic carbocycles. The number of benzene rings is 1. The van der Waals surface area contributed by atoms with Crippen LogP contribution in [-0.2, 0) is 0 Å². The summed E-state index contributed by atoms with van der Waals surface area (Å²) in [5.41, 5.74) is 0. The molecule has 0 fully saturated rings. The van der Waals surface area contributed by atoms with Gasteiger partial charge in [0.05, 0.1) is 0 Å². The van der Waals surface area contributed by atoms with Crippen molar-refractivity contribution in [3.05, 3.63) is 35.9 Å². The molecule has 3 radical (unpaired) electrons. The van der Waals surface area contributed by atoms with E-state index in [2.05, 4.69) is 0 Å². The van der Waals surface area contributed by atoms with Gasteiger partial charge in [0.2, 0.25) is 0 Å². The summed E-state index contributed by atoms with van der Waals surface area (Å²) in [5, 5.41) is 0. The van der Waals surface area contributed by atoms with Gasteiger partial charge in [-0.05, 0) is 12.1 Å². The Morgan fingerprint density at radius 3 is 1.40 bits per heavy atom. The highest BCUT2D eigenvalue weighted by Crippen LogP contribution is 2.01. The van der Waals surface area contributed by atoms with Crippen LogP contribution in [0.2, 0.25) is 0 Å². The molecule has 0 atom stereocenters. The van der Waals surface area contributed by atoms with Gasteiger partial charge in [0.1, 0.15) is 0 Å². The highest BCUT2D eigenvalue weighted by molar-refractivity contribution is 5.96. The topological polar surface area (TPSA) is 0 Å². The smallest absolute Gasteiger partial charge is 0.316 e. The highest BCUT2D eigenvalue weighted by Gasteiger charge is 1.93. The largest absolute Gasteiger partial charge is 0.316 e. The van der Waals surface area contributed by atoms with Crippen molar-refractivity contribution >= 4 is 10.6 Å². The Bertz CT molecular complexity index is 169. The van der Waals surface area contributed by atoms with Gasteiger partial charge in [-0.25, -0.2) is 8.78 Å². The lowest BCUT2D eigenvalue weighted by molar-refractivity contribution is 0.508. The lowest BCUT2D eigenvalue weighted by Gasteiger charge is -1.85. The first kappa shape index (κ1) is 9.23. The van der Waals surface area contributed by atoms with E-state index in [0.29, 0.717) is 0 Å². The second-order valence-corrected chi connectivity index (χ2v) is 1.41. The van der Waals surface area contributed by atoms with Crippen molar-refractivity contribution in [2.24, 2.45) is 0 Å². The fraction of sp³-hybridized carbons (Fsp3) is 0. The number of hydrogen-bond acceptors (Lipinski definition) is 0. The third kappa shape index (κ3) is 2.68. The van der Waals surface area contributed by atoms with E-state index < -0.39 is 11.6 Å². The van der Waals surface area contributed by atoms with Crippen LogP contribution in [-0.4, -0.2) is 10.6 Å². The van der Waals surface area contributed by atoms with Crippen molar-refractivity contribution in [1.82, 2.24) is 0 Å². The quantitative estimate of drug-likeness (QED) is 0.403. The summed E-state index contributed by atoms with van der Waals surface area (Å²) in [4.78, 5) is 0. The predicted molar refractivity (Wildman–Crippen MR) is 33.2 cm³/mol. The van der Waals surface area contributed by atoms with Crippen molar-refractivity contribution in [2.75, 3.05) is 0 Å².